The summed E-state index contributed by atoms with van der Waals surface area (Å²) >= 11 is 0. The first-order valence-corrected chi connectivity index (χ1v) is 6.49. The fraction of sp³-hybridized carbons (Fsp3) is 0.500. The zero-order chi connectivity index (χ0) is 12.8. The van der Waals surface area contributed by atoms with Crippen LogP contribution in [-0.4, -0.2) is 36.7 Å². The van der Waals surface area contributed by atoms with Crippen molar-refractivity contribution in [1.29, 1.82) is 0 Å². The average molecular weight is 248 g/mol. The molecule has 1 fully saturated rings. The molecule has 1 amide bonds. The molecule has 1 N–H and O–H groups in total. The number of nitrogens with one attached hydrogen (secondary N) is 1. The van der Waals surface area contributed by atoms with E-state index in [9.17, 15) is 4.79 Å². The molecule has 4 nitrogen and oxygen atoms in total. The van der Waals surface area contributed by atoms with Gasteiger partial charge in [-0.1, -0.05) is 37.3 Å². The van der Waals surface area contributed by atoms with E-state index in [0.717, 1.165) is 25.1 Å². The molecular formula is C14H20N2O2. The minimum absolute atomic E-state index is 0.0280. The Morgan fingerprint density at radius 3 is 2.89 bits per heavy atom. The number of hydrogen-bond acceptors (Lipinski definition) is 3. The van der Waals surface area contributed by atoms with E-state index in [4.69, 9.17) is 4.74 Å². The van der Waals surface area contributed by atoms with E-state index in [2.05, 4.69) is 12.2 Å². The molecule has 98 valence electrons. The Hall–Kier alpha value is -1.55. The minimum atomic E-state index is -0.194. The topological polar surface area (TPSA) is 41.6 Å². The molecule has 0 aliphatic carbocycles. The lowest BCUT2D eigenvalue weighted by molar-refractivity contribution is 0.128. The highest BCUT2D eigenvalue weighted by atomic mass is 16.6. The van der Waals surface area contributed by atoms with Crippen LogP contribution in [0.1, 0.15) is 18.9 Å². The standard InChI is InChI=1S/C14H20N2O2/c1-2-15-9-8-13-11-16(14(17)18-13)10-12-6-4-3-5-7-12/h3-7,13,15H,2,8-11H2,1H3/t13-/m0/s1. The van der Waals surface area contributed by atoms with Gasteiger partial charge in [0.15, 0.2) is 0 Å². The Labute approximate surface area is 108 Å². The van der Waals surface area contributed by atoms with Gasteiger partial charge in [-0.25, -0.2) is 4.79 Å². The van der Waals surface area contributed by atoms with E-state index in [1.165, 1.54) is 0 Å². The van der Waals surface area contributed by atoms with Crippen molar-refractivity contribution in [2.45, 2.75) is 26.0 Å². The van der Waals surface area contributed by atoms with E-state index in [-0.39, 0.29) is 12.2 Å². The van der Waals surface area contributed by atoms with E-state index in [1.807, 2.05) is 30.3 Å². The first kappa shape index (κ1) is 12.9. The molecule has 1 saturated heterocycles. The zero-order valence-electron chi connectivity index (χ0n) is 10.8. The van der Waals surface area contributed by atoms with Crippen LogP contribution in [0.4, 0.5) is 4.79 Å². The minimum Gasteiger partial charge on any atom is -0.444 e. The maximum atomic E-state index is 11.7. The van der Waals surface area contributed by atoms with Crippen molar-refractivity contribution in [1.82, 2.24) is 10.2 Å². The molecule has 1 atom stereocenters. The lowest BCUT2D eigenvalue weighted by atomic mass is 10.2. The van der Waals surface area contributed by atoms with Gasteiger partial charge in [0, 0.05) is 6.54 Å². The molecule has 1 aliphatic heterocycles. The van der Waals surface area contributed by atoms with Crippen molar-refractivity contribution in [3.63, 3.8) is 0 Å². The van der Waals surface area contributed by atoms with Crippen molar-refractivity contribution >= 4 is 6.09 Å². The van der Waals surface area contributed by atoms with E-state index < -0.39 is 0 Å². The maximum absolute atomic E-state index is 11.7. The molecule has 0 aromatic heterocycles. The quantitative estimate of drug-likeness (QED) is 0.783. The normalized spacial score (nSPS) is 19.1. The molecule has 2 rings (SSSR count). The van der Waals surface area contributed by atoms with Crippen LogP contribution in [-0.2, 0) is 11.3 Å². The first-order chi connectivity index (χ1) is 8.79. The van der Waals surface area contributed by atoms with Gasteiger partial charge in [0.25, 0.3) is 0 Å². The van der Waals surface area contributed by atoms with Crippen LogP contribution in [0.3, 0.4) is 0 Å². The number of cyclic esters (lactones) is 1. The van der Waals surface area contributed by atoms with Crippen LogP contribution in [0.5, 0.6) is 0 Å². The van der Waals surface area contributed by atoms with Crippen LogP contribution in [0.15, 0.2) is 30.3 Å². The Morgan fingerprint density at radius 2 is 2.17 bits per heavy atom. The fourth-order valence-electron chi connectivity index (χ4n) is 2.10. The summed E-state index contributed by atoms with van der Waals surface area (Å²) in [6, 6.07) is 10.0. The summed E-state index contributed by atoms with van der Waals surface area (Å²) in [5.74, 6) is 0. The van der Waals surface area contributed by atoms with E-state index in [0.29, 0.717) is 13.1 Å². The van der Waals surface area contributed by atoms with Crippen LogP contribution in [0, 0.1) is 0 Å². The predicted octanol–water partition coefficient (Wildman–Crippen LogP) is 2.01. The van der Waals surface area contributed by atoms with Crippen LogP contribution < -0.4 is 5.32 Å². The Morgan fingerprint density at radius 1 is 1.39 bits per heavy atom. The number of benzene rings is 1. The molecule has 4 heteroatoms. The molecular weight excluding hydrogens is 228 g/mol. The third kappa shape index (κ3) is 3.47. The number of hydrogen-bond donors (Lipinski definition) is 1. The van der Waals surface area contributed by atoms with Crippen molar-refractivity contribution < 1.29 is 9.53 Å². The Kier molecular flexibility index (Phi) is 4.59. The third-order valence-electron chi connectivity index (χ3n) is 3.06. The molecule has 0 unspecified atom stereocenters. The summed E-state index contributed by atoms with van der Waals surface area (Å²) in [7, 11) is 0. The predicted molar refractivity (Wildman–Crippen MR) is 70.3 cm³/mol. The van der Waals surface area contributed by atoms with Crippen molar-refractivity contribution in [2.24, 2.45) is 0 Å². The van der Waals surface area contributed by atoms with Crippen LogP contribution in [0.25, 0.3) is 0 Å². The molecule has 18 heavy (non-hydrogen) atoms. The first-order valence-electron chi connectivity index (χ1n) is 6.49. The Balaban J connectivity index is 1.82. The van der Waals surface area contributed by atoms with Crippen LogP contribution in [0.2, 0.25) is 0 Å². The highest BCUT2D eigenvalue weighted by Gasteiger charge is 2.30. The summed E-state index contributed by atoms with van der Waals surface area (Å²) in [5, 5.41) is 3.24. The van der Waals surface area contributed by atoms with E-state index >= 15 is 0 Å². The highest BCUT2D eigenvalue weighted by Crippen LogP contribution is 2.16. The number of nitrogens with zero attached hydrogens (tertiary/aromatic N) is 1. The maximum Gasteiger partial charge on any atom is 0.410 e. The van der Waals surface area contributed by atoms with E-state index in [1.54, 1.807) is 4.90 Å². The third-order valence-corrected chi connectivity index (χ3v) is 3.06. The fourth-order valence-corrected chi connectivity index (χ4v) is 2.10. The van der Waals surface area contributed by atoms with Gasteiger partial charge in [0.1, 0.15) is 6.10 Å². The summed E-state index contributed by atoms with van der Waals surface area (Å²) in [6.45, 7) is 5.25. The molecule has 0 radical (unpaired) electrons. The second kappa shape index (κ2) is 6.40. The lowest BCUT2D eigenvalue weighted by Crippen LogP contribution is -2.26. The number of ether oxygens (including phenoxy) is 1. The molecule has 1 aromatic carbocycles. The Bertz CT molecular complexity index is 381. The van der Waals surface area contributed by atoms with Crippen LogP contribution >= 0.6 is 0 Å². The summed E-state index contributed by atoms with van der Waals surface area (Å²) < 4.78 is 5.34. The van der Waals surface area contributed by atoms with Gasteiger partial charge in [-0.2, -0.15) is 0 Å². The summed E-state index contributed by atoms with van der Waals surface area (Å²) in [4.78, 5) is 13.5. The highest BCUT2D eigenvalue weighted by molar-refractivity contribution is 5.69. The number of carbonyl (C=O) groups is 1. The van der Waals surface area contributed by atoms with Crippen molar-refractivity contribution in [3.05, 3.63) is 35.9 Å². The SMILES string of the molecule is CCNCC[C@H]1CN(Cc2ccccc2)C(=O)O1. The number of amides is 1. The second-order valence-electron chi connectivity index (χ2n) is 4.51. The molecule has 0 spiro atoms. The number of carbonyl (C=O) groups excluding carboxylic acids is 1. The molecule has 1 heterocycles. The number of rotatable bonds is 6. The van der Waals surface area contributed by atoms with Crippen molar-refractivity contribution in [2.75, 3.05) is 19.6 Å². The van der Waals surface area contributed by atoms with Gasteiger partial charge >= 0.3 is 6.09 Å². The average Bonchev–Trinajstić information content (AvgIpc) is 2.72. The smallest absolute Gasteiger partial charge is 0.410 e. The molecule has 0 bridgehead atoms. The van der Waals surface area contributed by atoms with Gasteiger partial charge in [-0.15, -0.1) is 0 Å². The zero-order valence-corrected chi connectivity index (χ0v) is 10.8. The van der Waals surface area contributed by atoms with Crippen molar-refractivity contribution in [3.8, 4) is 0 Å². The summed E-state index contributed by atoms with van der Waals surface area (Å²) in [5.41, 5.74) is 1.14. The van der Waals surface area contributed by atoms with Gasteiger partial charge < -0.3 is 15.0 Å². The molecule has 1 aliphatic rings. The molecule has 0 saturated carbocycles. The molecule has 1 aromatic rings. The van der Waals surface area contributed by atoms with Gasteiger partial charge in [-0.05, 0) is 25.1 Å². The second-order valence-corrected chi connectivity index (χ2v) is 4.51. The monoisotopic (exact) mass is 248 g/mol. The lowest BCUT2D eigenvalue weighted by Gasteiger charge is -2.12. The van der Waals surface area contributed by atoms with Gasteiger partial charge in [0.05, 0.1) is 6.54 Å². The van der Waals surface area contributed by atoms with Gasteiger partial charge in [0.2, 0.25) is 0 Å². The largest absolute Gasteiger partial charge is 0.444 e. The van der Waals surface area contributed by atoms with Gasteiger partial charge in [-0.3, -0.25) is 0 Å². The summed E-state index contributed by atoms with van der Waals surface area (Å²) in [6.07, 6.45) is 0.714.